The van der Waals surface area contributed by atoms with E-state index in [1.807, 2.05) is 22.1 Å². The number of anilines is 3. The van der Waals surface area contributed by atoms with Crippen molar-refractivity contribution in [2.75, 3.05) is 55.2 Å². The number of nitrogen functional groups attached to an aromatic ring is 1. The monoisotopic (exact) mass is 893 g/mol. The van der Waals surface area contributed by atoms with Gasteiger partial charge in [-0.25, -0.2) is 23.3 Å². The van der Waals surface area contributed by atoms with E-state index in [0.717, 1.165) is 36.8 Å². The number of rotatable bonds is 8. The molecule has 3 fully saturated rings. The van der Waals surface area contributed by atoms with Gasteiger partial charge in [-0.3, -0.25) is 19.7 Å². The maximum absolute atomic E-state index is 12.7. The Balaban J connectivity index is 0.000000233. The van der Waals surface area contributed by atoms with Crippen LogP contribution >= 0.6 is 11.6 Å². The molecule has 3 aliphatic heterocycles. The molecular weight excluding hydrogens is 847 g/mol. The SMILES string of the molecule is CCCN1CCC(c2ccc3c(N4CCC(=O)NC4=O)nn(C)c3c2)CC1.N#Cc1ccc(S(=O)N2CCC(Nc3ncc(Cl)cn3)CC2)cc1N.[CH3-].[Cs+]. The van der Waals surface area contributed by atoms with E-state index in [1.165, 1.54) is 31.4 Å². The maximum atomic E-state index is 12.7. The van der Waals surface area contributed by atoms with Gasteiger partial charge in [0.15, 0.2) is 5.82 Å². The van der Waals surface area contributed by atoms with E-state index in [-0.39, 0.29) is 88.3 Å². The standard InChI is InChI=1S/C20H27N5O2.C16H17ClN6OS.CH3.Cs/c1-3-9-24-10-6-14(7-11-24)15-4-5-16-17(13-15)23(2)22-19(16)25-12-8-18(26)21-20(25)27;17-12-9-20-16(21-10-12)22-13-3-5-23(6-4-13)25(24)14-2-1-11(8-18)15(19)7-14;;/h4-5,13-14H,3,6-12H2,1-2H3,(H,21,26,27);1-2,7,9-10,13H,3-6,19H2,(H,20,21,22);1H3;/q;;-1;+1. The average Bonchev–Trinajstić information content (AvgIpc) is 3.48. The number of hydrogen-bond donors (Lipinski definition) is 3. The van der Waals surface area contributed by atoms with E-state index >= 15 is 0 Å². The first-order valence-corrected chi connectivity index (χ1v) is 19.1. The molecular formula is C37H47ClCsN11O3S. The minimum absolute atomic E-state index is 0. The zero-order valence-corrected chi connectivity index (χ0v) is 39.3. The average molecular weight is 894 g/mol. The van der Waals surface area contributed by atoms with Crippen molar-refractivity contribution < 1.29 is 82.7 Å². The molecule has 1 atom stereocenters. The molecule has 3 amide bonds. The molecule has 2 aromatic carbocycles. The number of nitrogens with two attached hydrogens (primary N) is 1. The molecule has 14 nitrogen and oxygen atoms in total. The predicted molar refractivity (Wildman–Crippen MR) is 209 cm³/mol. The number of amides is 3. The molecule has 1 unspecified atom stereocenters. The van der Waals surface area contributed by atoms with Crippen molar-refractivity contribution in [3.05, 3.63) is 72.4 Å². The number of fused-ring (bicyclic) bond motifs is 1. The largest absolute Gasteiger partial charge is 1.00 e. The Morgan fingerprint density at radius 2 is 1.74 bits per heavy atom. The molecule has 54 heavy (non-hydrogen) atoms. The molecule has 2 aromatic heterocycles. The van der Waals surface area contributed by atoms with Gasteiger partial charge in [0.25, 0.3) is 0 Å². The van der Waals surface area contributed by atoms with E-state index in [4.69, 9.17) is 22.6 Å². The van der Waals surface area contributed by atoms with Gasteiger partial charge in [0.1, 0.15) is 17.1 Å². The van der Waals surface area contributed by atoms with Crippen LogP contribution in [0, 0.1) is 18.8 Å². The molecule has 282 valence electrons. The van der Waals surface area contributed by atoms with Crippen LogP contribution in [0.1, 0.15) is 62.5 Å². The minimum Gasteiger partial charge on any atom is -0.398 e. The first-order chi connectivity index (χ1) is 25.1. The van der Waals surface area contributed by atoms with Crippen molar-refractivity contribution >= 4 is 62.9 Å². The van der Waals surface area contributed by atoms with Crippen molar-refractivity contribution in [2.45, 2.75) is 62.3 Å². The van der Waals surface area contributed by atoms with E-state index < -0.39 is 17.0 Å². The maximum Gasteiger partial charge on any atom is 1.00 e. The van der Waals surface area contributed by atoms with Crippen molar-refractivity contribution in [1.82, 2.24) is 34.3 Å². The topological polar surface area (TPSA) is 178 Å². The molecule has 17 heteroatoms. The van der Waals surface area contributed by atoms with Gasteiger partial charge < -0.3 is 23.4 Å². The van der Waals surface area contributed by atoms with Crippen LogP contribution in [0.15, 0.2) is 53.7 Å². The van der Waals surface area contributed by atoms with Crippen LogP contribution in [-0.4, -0.2) is 90.4 Å². The number of aryl methyl sites for hydroxylation is 1. The Morgan fingerprint density at radius 1 is 1.04 bits per heavy atom. The van der Waals surface area contributed by atoms with E-state index in [1.54, 1.807) is 35.5 Å². The quantitative estimate of drug-likeness (QED) is 0.176. The van der Waals surface area contributed by atoms with Gasteiger partial charge in [-0.2, -0.15) is 10.4 Å². The predicted octanol–water partition coefficient (Wildman–Crippen LogP) is 2.25. The van der Waals surface area contributed by atoms with Crippen LogP contribution in [0.2, 0.25) is 5.02 Å². The number of hydrogen-bond acceptors (Lipinski definition) is 10. The molecule has 7 rings (SSSR count). The Kier molecular flexibility index (Phi) is 16.8. The Bertz CT molecular complexity index is 1970. The number of urea groups is 1. The van der Waals surface area contributed by atoms with Crippen molar-refractivity contribution in [3.63, 3.8) is 0 Å². The van der Waals surface area contributed by atoms with Gasteiger partial charge in [-0.15, -0.1) is 0 Å². The van der Waals surface area contributed by atoms with Crippen LogP contribution in [0.5, 0.6) is 0 Å². The van der Waals surface area contributed by atoms with E-state index in [2.05, 4.69) is 55.7 Å². The third-order valence-electron chi connectivity index (χ3n) is 9.75. The molecule has 3 saturated heterocycles. The molecule has 0 aliphatic carbocycles. The number of likely N-dealkylation sites (tertiary alicyclic amines) is 1. The minimum atomic E-state index is -1.29. The zero-order valence-electron chi connectivity index (χ0n) is 31.4. The fraction of sp³-hybridized carbons (Fsp3) is 0.432. The summed E-state index contributed by atoms with van der Waals surface area (Å²) in [7, 11) is 0.622. The summed E-state index contributed by atoms with van der Waals surface area (Å²) >= 11 is 5.78. The molecule has 0 spiro atoms. The van der Waals surface area contributed by atoms with Gasteiger partial charge in [-0.05, 0) is 93.6 Å². The summed E-state index contributed by atoms with van der Waals surface area (Å²) < 4.78 is 16.4. The second kappa shape index (κ2) is 20.6. The van der Waals surface area contributed by atoms with Crippen molar-refractivity contribution in [1.29, 1.82) is 5.26 Å². The zero-order chi connectivity index (χ0) is 36.8. The number of benzene rings is 2. The van der Waals surface area contributed by atoms with Gasteiger partial charge in [0.2, 0.25) is 11.9 Å². The summed E-state index contributed by atoms with van der Waals surface area (Å²) in [6.07, 6.45) is 8.64. The summed E-state index contributed by atoms with van der Waals surface area (Å²) in [5, 5.41) is 20.6. The number of nitrogens with one attached hydrogen (secondary N) is 2. The Hall–Kier alpha value is -2.57. The first-order valence-electron chi connectivity index (χ1n) is 17.6. The molecule has 4 aromatic rings. The van der Waals surface area contributed by atoms with Gasteiger partial charge >= 0.3 is 74.9 Å². The Morgan fingerprint density at radius 3 is 2.37 bits per heavy atom. The van der Waals surface area contributed by atoms with E-state index in [0.29, 0.717) is 64.9 Å². The van der Waals surface area contributed by atoms with Crippen LogP contribution in [0.3, 0.4) is 0 Å². The van der Waals surface area contributed by atoms with Crippen molar-refractivity contribution in [3.8, 4) is 6.07 Å². The summed E-state index contributed by atoms with van der Waals surface area (Å²) in [6, 6.07) is 13.2. The Labute approximate surface area is 383 Å². The van der Waals surface area contributed by atoms with Crippen LogP contribution in [-0.2, 0) is 22.8 Å². The van der Waals surface area contributed by atoms with Crippen LogP contribution in [0.25, 0.3) is 10.9 Å². The number of carbonyl (C=O) groups is 2. The number of nitrogens with zero attached hydrogens (tertiary/aromatic N) is 8. The molecule has 0 bridgehead atoms. The molecule has 0 radical (unpaired) electrons. The summed E-state index contributed by atoms with van der Waals surface area (Å²) in [6.45, 7) is 7.48. The van der Waals surface area contributed by atoms with Gasteiger partial charge in [0.05, 0.1) is 39.1 Å². The molecule has 4 N–H and O–H groups in total. The fourth-order valence-electron chi connectivity index (χ4n) is 6.92. The second-order valence-electron chi connectivity index (χ2n) is 13.3. The smallest absolute Gasteiger partial charge is 0.398 e. The van der Waals surface area contributed by atoms with Gasteiger partial charge in [0, 0.05) is 44.5 Å². The summed E-state index contributed by atoms with van der Waals surface area (Å²) in [5.41, 5.74) is 8.94. The number of carbonyl (C=O) groups excluding carboxylic acids is 2. The van der Waals surface area contributed by atoms with Crippen LogP contribution in [0.4, 0.5) is 22.2 Å². The third kappa shape index (κ3) is 10.8. The molecule has 0 saturated carbocycles. The normalized spacial score (nSPS) is 17.7. The third-order valence-corrected chi connectivity index (χ3v) is 11.4. The molecule has 3 aliphatic rings. The number of aromatic nitrogens is 4. The van der Waals surface area contributed by atoms with Crippen LogP contribution < -0.4 is 90.2 Å². The fourth-order valence-corrected chi connectivity index (χ4v) is 8.27. The number of nitriles is 1. The number of halogens is 1. The first kappa shape index (κ1) is 44.2. The summed E-state index contributed by atoms with van der Waals surface area (Å²) in [5.74, 6) is 1.52. The number of piperidine rings is 2. The summed E-state index contributed by atoms with van der Waals surface area (Å²) in [4.78, 5) is 36.6. The van der Waals surface area contributed by atoms with E-state index in [9.17, 15) is 13.8 Å². The number of imide groups is 1. The van der Waals surface area contributed by atoms with Gasteiger partial charge in [-0.1, -0.05) is 24.6 Å². The van der Waals surface area contributed by atoms with Crippen molar-refractivity contribution in [2.24, 2.45) is 7.05 Å². The molecule has 5 heterocycles. The second-order valence-corrected chi connectivity index (χ2v) is 15.2.